The maximum Gasteiger partial charge on any atom is 1.00 e. The van der Waals surface area contributed by atoms with Crippen LogP contribution in [0.1, 0.15) is 31.1 Å². The zero-order chi connectivity index (χ0) is 17.1. The minimum absolute atomic E-state index is 0. The second kappa shape index (κ2) is 8.52. The summed E-state index contributed by atoms with van der Waals surface area (Å²) in [4.78, 5) is 22.9. The average Bonchev–Trinajstić information content (AvgIpc) is 2.34. The number of esters is 1. The zero-order valence-electron chi connectivity index (χ0n) is 13.6. The number of anilines is 1. The zero-order valence-corrected chi connectivity index (χ0v) is 16.7. The number of halogens is 3. The molecule has 0 spiro atoms. The van der Waals surface area contributed by atoms with Gasteiger partial charge in [0.05, 0.1) is 7.11 Å². The van der Waals surface area contributed by atoms with Crippen molar-refractivity contribution >= 4 is 30.2 Å². The number of ether oxygens (including phenoxy) is 2. The fourth-order valence-electron chi connectivity index (χ4n) is 1.63. The second-order valence-corrected chi connectivity index (χ2v) is 5.50. The number of amides is 1. The second-order valence-electron chi connectivity index (χ2n) is 5.50. The Balaban J connectivity index is 0.00000484. The van der Waals surface area contributed by atoms with Crippen molar-refractivity contribution in [1.29, 1.82) is 0 Å². The van der Waals surface area contributed by atoms with Crippen LogP contribution >= 0.6 is 0 Å². The molecule has 0 atom stereocenters. The van der Waals surface area contributed by atoms with Crippen LogP contribution in [-0.2, 0) is 9.47 Å². The standard InChI is InChI=1S/C13H16BF3NO4.K/c1-13(2,3)22-12(20)18-8-5-6-9(11(19)21-4)10(7-8)14(15,16)17;/h5-7H,1-4H3,(H,18,20);/q-1;+1. The van der Waals surface area contributed by atoms with Gasteiger partial charge >= 0.3 is 70.4 Å². The molecule has 23 heavy (non-hydrogen) atoms. The third-order valence-electron chi connectivity index (χ3n) is 2.45. The molecule has 0 heterocycles. The van der Waals surface area contributed by atoms with Crippen LogP contribution in [0.3, 0.4) is 0 Å². The Morgan fingerprint density at radius 2 is 1.74 bits per heavy atom. The monoisotopic (exact) mass is 357 g/mol. The van der Waals surface area contributed by atoms with E-state index in [4.69, 9.17) is 4.74 Å². The fraction of sp³-hybridized carbons (Fsp3) is 0.385. The molecule has 0 bridgehead atoms. The Bertz CT molecular complexity index is 588. The van der Waals surface area contributed by atoms with Crippen LogP contribution in [0.15, 0.2) is 18.2 Å². The number of hydrogen-bond acceptors (Lipinski definition) is 4. The van der Waals surface area contributed by atoms with Crippen molar-refractivity contribution in [1.82, 2.24) is 0 Å². The topological polar surface area (TPSA) is 64.6 Å². The van der Waals surface area contributed by atoms with Gasteiger partial charge in [-0.25, -0.2) is 9.59 Å². The van der Waals surface area contributed by atoms with Gasteiger partial charge < -0.3 is 22.4 Å². The summed E-state index contributed by atoms with van der Waals surface area (Å²) in [6.45, 7) is -0.582. The first kappa shape index (κ1) is 22.5. The molecule has 5 nitrogen and oxygen atoms in total. The van der Waals surface area contributed by atoms with E-state index in [0.29, 0.717) is 6.07 Å². The number of hydrogen-bond donors (Lipinski definition) is 1. The Hall–Kier alpha value is -0.549. The Labute approximate surface area is 174 Å². The van der Waals surface area contributed by atoms with Gasteiger partial charge in [0, 0.05) is 11.3 Å². The number of benzene rings is 1. The van der Waals surface area contributed by atoms with Gasteiger partial charge in [-0.3, -0.25) is 5.32 Å². The minimum atomic E-state index is -5.45. The summed E-state index contributed by atoms with van der Waals surface area (Å²) in [6.07, 6.45) is -0.890. The molecular weight excluding hydrogens is 341 g/mol. The van der Waals surface area contributed by atoms with Gasteiger partial charge in [0.2, 0.25) is 0 Å². The van der Waals surface area contributed by atoms with Gasteiger partial charge in [-0.2, -0.15) is 0 Å². The number of methoxy groups -OCH3 is 1. The molecular formula is C13H16BF3KNO4. The maximum atomic E-state index is 13.0. The number of nitrogens with one attached hydrogen (secondary N) is 1. The van der Waals surface area contributed by atoms with Crippen LogP contribution in [0.2, 0.25) is 0 Å². The van der Waals surface area contributed by atoms with E-state index in [2.05, 4.69) is 10.1 Å². The summed E-state index contributed by atoms with van der Waals surface area (Å²) in [5, 5.41) is 2.19. The van der Waals surface area contributed by atoms with Gasteiger partial charge in [-0.05, 0) is 32.9 Å². The summed E-state index contributed by atoms with van der Waals surface area (Å²) in [5.74, 6) is -1.10. The van der Waals surface area contributed by atoms with E-state index in [1.807, 2.05) is 0 Å². The number of carbonyl (C=O) groups is 2. The van der Waals surface area contributed by atoms with Gasteiger partial charge in [0.15, 0.2) is 0 Å². The quantitative estimate of drug-likeness (QED) is 0.605. The summed E-state index contributed by atoms with van der Waals surface area (Å²) in [5.41, 5.74) is -2.66. The Kier molecular flexibility index (Phi) is 8.32. The number of carbonyl (C=O) groups excluding carboxylic acids is 2. The first-order valence-corrected chi connectivity index (χ1v) is 6.36. The van der Waals surface area contributed by atoms with Gasteiger partial charge in [-0.15, -0.1) is 0 Å². The average molecular weight is 357 g/mol. The molecule has 0 aliphatic heterocycles. The normalized spacial score (nSPS) is 11.3. The molecule has 0 aliphatic carbocycles. The molecule has 1 aromatic carbocycles. The third-order valence-corrected chi connectivity index (χ3v) is 2.45. The molecule has 10 heteroatoms. The summed E-state index contributed by atoms with van der Waals surface area (Å²) in [7, 11) is 0.988. The van der Waals surface area contributed by atoms with Crippen LogP contribution in [0.4, 0.5) is 23.4 Å². The molecule has 0 radical (unpaired) electrons. The molecule has 1 rings (SSSR count). The predicted octanol–water partition coefficient (Wildman–Crippen LogP) is -0.121. The Morgan fingerprint density at radius 1 is 1.17 bits per heavy atom. The summed E-state index contributed by atoms with van der Waals surface area (Å²) >= 11 is 0. The van der Waals surface area contributed by atoms with Crippen LogP contribution in [-0.4, -0.2) is 31.8 Å². The van der Waals surface area contributed by atoms with E-state index in [1.165, 1.54) is 6.07 Å². The van der Waals surface area contributed by atoms with Crippen molar-refractivity contribution in [3.05, 3.63) is 23.8 Å². The van der Waals surface area contributed by atoms with Crippen molar-refractivity contribution in [2.24, 2.45) is 0 Å². The largest absolute Gasteiger partial charge is 1.00 e. The van der Waals surface area contributed by atoms with Crippen molar-refractivity contribution in [3.8, 4) is 0 Å². The van der Waals surface area contributed by atoms with Crippen LogP contribution in [0.25, 0.3) is 0 Å². The molecule has 1 aromatic rings. The maximum absolute atomic E-state index is 13.0. The molecule has 0 saturated carbocycles. The smallest absolute Gasteiger partial charge is 0.465 e. The van der Waals surface area contributed by atoms with E-state index < -0.39 is 35.7 Å². The van der Waals surface area contributed by atoms with Crippen molar-refractivity contribution < 1.29 is 83.4 Å². The van der Waals surface area contributed by atoms with E-state index in [9.17, 15) is 22.5 Å². The fourth-order valence-corrected chi connectivity index (χ4v) is 1.63. The van der Waals surface area contributed by atoms with E-state index >= 15 is 0 Å². The van der Waals surface area contributed by atoms with Crippen molar-refractivity contribution in [2.75, 3.05) is 12.4 Å². The minimum Gasteiger partial charge on any atom is -0.465 e. The molecule has 122 valence electrons. The van der Waals surface area contributed by atoms with E-state index in [1.54, 1.807) is 20.8 Å². The molecule has 1 amide bonds. The molecule has 0 aliphatic rings. The molecule has 0 fully saturated rings. The van der Waals surface area contributed by atoms with E-state index in [0.717, 1.165) is 13.2 Å². The SMILES string of the molecule is COC(=O)c1ccc(NC(=O)OC(C)(C)C)cc1[B-](F)(F)F.[K+]. The van der Waals surface area contributed by atoms with E-state index in [-0.39, 0.29) is 57.1 Å². The van der Waals surface area contributed by atoms with Crippen LogP contribution < -0.4 is 62.2 Å². The molecule has 1 N–H and O–H groups in total. The first-order valence-electron chi connectivity index (χ1n) is 6.36. The van der Waals surface area contributed by atoms with Gasteiger partial charge in [-0.1, -0.05) is 11.5 Å². The van der Waals surface area contributed by atoms with Crippen LogP contribution in [0.5, 0.6) is 0 Å². The Morgan fingerprint density at radius 3 is 2.17 bits per heavy atom. The van der Waals surface area contributed by atoms with Gasteiger partial charge in [0.1, 0.15) is 5.60 Å². The van der Waals surface area contributed by atoms with Crippen molar-refractivity contribution in [2.45, 2.75) is 26.4 Å². The predicted molar refractivity (Wildman–Crippen MR) is 76.4 cm³/mol. The van der Waals surface area contributed by atoms with Crippen molar-refractivity contribution in [3.63, 3.8) is 0 Å². The molecule has 0 unspecified atom stereocenters. The first-order chi connectivity index (χ1) is 9.94. The number of rotatable bonds is 3. The third kappa shape index (κ3) is 7.25. The molecule has 0 aromatic heterocycles. The summed E-state index contributed by atoms with van der Waals surface area (Å²) < 4.78 is 48.4. The molecule has 0 saturated heterocycles. The van der Waals surface area contributed by atoms with Crippen LogP contribution in [0, 0.1) is 0 Å². The van der Waals surface area contributed by atoms with Gasteiger partial charge in [0.25, 0.3) is 0 Å². The summed E-state index contributed by atoms with van der Waals surface area (Å²) in [6, 6.07) is 2.79.